The van der Waals surface area contributed by atoms with Crippen LogP contribution in [0.5, 0.6) is 0 Å². The highest BCUT2D eigenvalue weighted by molar-refractivity contribution is 6.36. The Morgan fingerprint density at radius 1 is 1.20 bits per heavy atom. The molecule has 20 heavy (non-hydrogen) atoms. The third kappa shape index (κ3) is 3.08. The monoisotopic (exact) mass is 288 g/mol. The van der Waals surface area contributed by atoms with Gasteiger partial charge in [0.25, 0.3) is 0 Å². The summed E-state index contributed by atoms with van der Waals surface area (Å²) in [6.45, 7) is 1.83. The minimum Gasteiger partial charge on any atom is -0.356 e. The van der Waals surface area contributed by atoms with Crippen molar-refractivity contribution in [2.75, 3.05) is 6.54 Å². The van der Waals surface area contributed by atoms with E-state index in [0.29, 0.717) is 0 Å². The summed E-state index contributed by atoms with van der Waals surface area (Å²) in [5, 5.41) is 5.46. The summed E-state index contributed by atoms with van der Waals surface area (Å²) < 4.78 is 0. The standard InChI is InChI=1S/C17H21ClN2/c18-17-14-8-4-5-9-15(14)20-16(17)12-19-11-10-13-6-2-1-3-7-13/h4-6,8-9,19-20H,1-3,7,10-12H2. The number of nitrogens with one attached hydrogen (secondary N) is 2. The minimum absolute atomic E-state index is 0.806. The molecule has 0 fully saturated rings. The summed E-state index contributed by atoms with van der Waals surface area (Å²) in [6, 6.07) is 8.18. The minimum atomic E-state index is 0.806. The average molecular weight is 289 g/mol. The normalized spacial score (nSPS) is 15.6. The highest BCUT2D eigenvalue weighted by atomic mass is 35.5. The van der Waals surface area contributed by atoms with E-state index in [9.17, 15) is 0 Å². The third-order valence-corrected chi connectivity index (χ3v) is 4.46. The predicted molar refractivity (Wildman–Crippen MR) is 86.2 cm³/mol. The number of benzene rings is 1. The summed E-state index contributed by atoms with van der Waals surface area (Å²) >= 11 is 6.40. The van der Waals surface area contributed by atoms with Crippen molar-refractivity contribution in [2.24, 2.45) is 0 Å². The van der Waals surface area contributed by atoms with Gasteiger partial charge in [0.05, 0.1) is 5.02 Å². The van der Waals surface area contributed by atoms with E-state index in [-0.39, 0.29) is 0 Å². The Morgan fingerprint density at radius 2 is 2.10 bits per heavy atom. The van der Waals surface area contributed by atoms with Crippen LogP contribution in [0.4, 0.5) is 0 Å². The van der Waals surface area contributed by atoms with Gasteiger partial charge in [0.2, 0.25) is 0 Å². The maximum atomic E-state index is 6.40. The fraction of sp³-hybridized carbons (Fsp3) is 0.412. The van der Waals surface area contributed by atoms with Crippen molar-refractivity contribution >= 4 is 22.5 Å². The number of H-pyrrole nitrogens is 1. The van der Waals surface area contributed by atoms with Crippen LogP contribution in [0.15, 0.2) is 35.9 Å². The number of hydrogen-bond acceptors (Lipinski definition) is 1. The van der Waals surface area contributed by atoms with Crippen molar-refractivity contribution in [3.63, 3.8) is 0 Å². The van der Waals surface area contributed by atoms with Gasteiger partial charge in [-0.1, -0.05) is 41.4 Å². The van der Waals surface area contributed by atoms with Crippen molar-refractivity contribution in [2.45, 2.75) is 38.6 Å². The Kier molecular flexibility index (Phi) is 4.44. The molecule has 3 rings (SSSR count). The van der Waals surface area contributed by atoms with E-state index in [1.165, 1.54) is 25.7 Å². The number of aromatic nitrogens is 1. The largest absolute Gasteiger partial charge is 0.356 e. The molecule has 0 bridgehead atoms. The fourth-order valence-electron chi connectivity index (χ4n) is 2.88. The molecule has 106 valence electrons. The number of aromatic amines is 1. The van der Waals surface area contributed by atoms with Gasteiger partial charge < -0.3 is 10.3 Å². The third-order valence-electron chi connectivity index (χ3n) is 4.02. The summed E-state index contributed by atoms with van der Waals surface area (Å²) in [4.78, 5) is 3.39. The van der Waals surface area contributed by atoms with Gasteiger partial charge in [0.15, 0.2) is 0 Å². The molecule has 1 heterocycles. The van der Waals surface area contributed by atoms with E-state index in [1.54, 1.807) is 5.57 Å². The van der Waals surface area contributed by atoms with E-state index in [2.05, 4.69) is 28.5 Å². The number of allylic oxidation sites excluding steroid dienone is 1. The molecule has 0 amide bonds. The van der Waals surface area contributed by atoms with Crippen LogP contribution in [0.2, 0.25) is 5.02 Å². The second kappa shape index (κ2) is 6.47. The molecule has 2 nitrogen and oxygen atoms in total. The topological polar surface area (TPSA) is 27.8 Å². The number of fused-ring (bicyclic) bond motifs is 1. The van der Waals surface area contributed by atoms with Crippen molar-refractivity contribution in [3.05, 3.63) is 46.6 Å². The van der Waals surface area contributed by atoms with Gasteiger partial charge in [-0.25, -0.2) is 0 Å². The molecule has 0 unspecified atom stereocenters. The lowest BCUT2D eigenvalue weighted by Gasteiger charge is -2.12. The highest BCUT2D eigenvalue weighted by Gasteiger charge is 2.08. The zero-order valence-electron chi connectivity index (χ0n) is 11.7. The first-order valence-electron chi connectivity index (χ1n) is 7.48. The number of rotatable bonds is 5. The molecule has 1 aliphatic carbocycles. The molecule has 2 N–H and O–H groups in total. The predicted octanol–water partition coefficient (Wildman–Crippen LogP) is 4.80. The van der Waals surface area contributed by atoms with Gasteiger partial charge in [-0.05, 0) is 44.7 Å². The van der Waals surface area contributed by atoms with Gasteiger partial charge in [-0.2, -0.15) is 0 Å². The Bertz CT molecular complexity index is 612. The van der Waals surface area contributed by atoms with Gasteiger partial charge >= 0.3 is 0 Å². The van der Waals surface area contributed by atoms with Crippen LogP contribution in [0.1, 0.15) is 37.8 Å². The second-order valence-corrected chi connectivity index (χ2v) is 5.88. The Hall–Kier alpha value is -1.25. The van der Waals surface area contributed by atoms with Gasteiger partial charge in [0.1, 0.15) is 0 Å². The number of hydrogen-bond donors (Lipinski definition) is 2. The van der Waals surface area contributed by atoms with Crippen LogP contribution in [-0.2, 0) is 6.54 Å². The summed E-state index contributed by atoms with van der Waals surface area (Å²) in [6.07, 6.45) is 8.86. The second-order valence-electron chi connectivity index (χ2n) is 5.50. The molecular formula is C17H21ClN2. The lowest BCUT2D eigenvalue weighted by atomic mass is 9.97. The SMILES string of the molecule is Clc1c(CNCCC2=CCCCC2)[nH]c2ccccc12. The summed E-state index contributed by atoms with van der Waals surface area (Å²) in [5.41, 5.74) is 3.82. The van der Waals surface area contributed by atoms with Crippen LogP contribution in [0.25, 0.3) is 10.9 Å². The van der Waals surface area contributed by atoms with E-state index < -0.39 is 0 Å². The summed E-state index contributed by atoms with van der Waals surface area (Å²) in [5.74, 6) is 0. The maximum absolute atomic E-state index is 6.40. The number of halogens is 1. The lowest BCUT2D eigenvalue weighted by molar-refractivity contribution is 0.629. The average Bonchev–Trinajstić information content (AvgIpc) is 2.82. The van der Waals surface area contributed by atoms with E-state index in [4.69, 9.17) is 11.6 Å². The molecule has 1 aromatic heterocycles. The van der Waals surface area contributed by atoms with Crippen molar-refractivity contribution in [3.8, 4) is 0 Å². The molecular weight excluding hydrogens is 268 g/mol. The van der Waals surface area contributed by atoms with Gasteiger partial charge in [-0.15, -0.1) is 0 Å². The van der Waals surface area contributed by atoms with Crippen LogP contribution in [0.3, 0.4) is 0 Å². The summed E-state index contributed by atoms with van der Waals surface area (Å²) in [7, 11) is 0. The quantitative estimate of drug-likeness (QED) is 0.600. The van der Waals surface area contributed by atoms with Gasteiger partial charge in [0, 0.05) is 23.1 Å². The molecule has 0 atom stereocenters. The first kappa shape index (κ1) is 13.7. The molecule has 0 radical (unpaired) electrons. The smallest absolute Gasteiger partial charge is 0.0705 e. The Balaban J connectivity index is 1.54. The zero-order valence-corrected chi connectivity index (χ0v) is 12.5. The molecule has 3 heteroatoms. The zero-order chi connectivity index (χ0) is 13.8. The maximum Gasteiger partial charge on any atom is 0.0705 e. The molecule has 0 aliphatic heterocycles. The first-order valence-corrected chi connectivity index (χ1v) is 7.86. The van der Waals surface area contributed by atoms with Crippen LogP contribution in [0, 0.1) is 0 Å². The molecule has 0 saturated carbocycles. The Labute approximate surface area is 125 Å². The fourth-order valence-corrected chi connectivity index (χ4v) is 3.16. The first-order chi connectivity index (χ1) is 9.84. The highest BCUT2D eigenvalue weighted by Crippen LogP contribution is 2.27. The van der Waals surface area contributed by atoms with E-state index in [1.807, 2.05) is 12.1 Å². The van der Waals surface area contributed by atoms with Crippen LogP contribution in [-0.4, -0.2) is 11.5 Å². The molecule has 1 aliphatic rings. The van der Waals surface area contributed by atoms with Gasteiger partial charge in [-0.3, -0.25) is 0 Å². The van der Waals surface area contributed by atoms with E-state index in [0.717, 1.165) is 41.1 Å². The molecule has 0 spiro atoms. The molecule has 1 aromatic carbocycles. The van der Waals surface area contributed by atoms with Crippen molar-refractivity contribution in [1.82, 2.24) is 10.3 Å². The number of para-hydroxylation sites is 1. The van der Waals surface area contributed by atoms with Crippen molar-refractivity contribution < 1.29 is 0 Å². The van der Waals surface area contributed by atoms with Crippen molar-refractivity contribution in [1.29, 1.82) is 0 Å². The molecule has 2 aromatic rings. The molecule has 0 saturated heterocycles. The lowest BCUT2D eigenvalue weighted by Crippen LogP contribution is -2.16. The van der Waals surface area contributed by atoms with Crippen LogP contribution >= 0.6 is 11.6 Å². The van der Waals surface area contributed by atoms with Crippen LogP contribution < -0.4 is 5.32 Å². The van der Waals surface area contributed by atoms with E-state index >= 15 is 0 Å². The Morgan fingerprint density at radius 3 is 2.90 bits per heavy atom.